The summed E-state index contributed by atoms with van der Waals surface area (Å²) in [7, 11) is -1.82. The van der Waals surface area contributed by atoms with E-state index in [1.54, 1.807) is 30.6 Å². The smallest absolute Gasteiger partial charge is 0.264 e. The van der Waals surface area contributed by atoms with E-state index in [4.69, 9.17) is 11.6 Å². The number of hydrogen-bond donors (Lipinski definition) is 3. The highest BCUT2D eigenvalue weighted by Gasteiger charge is 2.20. The van der Waals surface area contributed by atoms with Gasteiger partial charge in [-0.15, -0.1) is 0 Å². The summed E-state index contributed by atoms with van der Waals surface area (Å²) < 4.78 is 27.8. The third kappa shape index (κ3) is 6.56. The lowest BCUT2D eigenvalue weighted by molar-refractivity contribution is 0.370. The van der Waals surface area contributed by atoms with Crippen molar-refractivity contribution in [2.45, 2.75) is 49.6 Å². The van der Waals surface area contributed by atoms with E-state index >= 15 is 0 Å². The van der Waals surface area contributed by atoms with Crippen LogP contribution in [0.15, 0.2) is 53.7 Å². The summed E-state index contributed by atoms with van der Waals surface area (Å²) in [5, 5.41) is 6.92. The summed E-state index contributed by atoms with van der Waals surface area (Å²) in [6.45, 7) is 1.82. The molecule has 35 heavy (non-hydrogen) atoms. The molecule has 10 heteroatoms. The lowest BCUT2D eigenvalue weighted by atomic mass is 9.91. The van der Waals surface area contributed by atoms with Crippen molar-refractivity contribution in [1.29, 1.82) is 0 Å². The maximum Gasteiger partial charge on any atom is 0.264 e. The number of aryl methyl sites for hydroxylation is 1. The number of benzene rings is 1. The summed E-state index contributed by atoms with van der Waals surface area (Å²) in [6.07, 6.45) is 11.9. The standard InChI is InChI=1S/C25H29ClN6O2S/c1-17-19(9-14-24(30-17)32-35(33,34)23-6-4-3-5-22(23)26)8-7-18-15-28-25(29-16-18)31-21-12-10-20(27-2)11-13-21/h3-9,14-16,20-21,27H,10-13H2,1-2H3,(H,30,32)(H,28,29,31). The van der Waals surface area contributed by atoms with E-state index in [0.29, 0.717) is 23.7 Å². The van der Waals surface area contributed by atoms with E-state index in [0.717, 1.165) is 36.8 Å². The van der Waals surface area contributed by atoms with Gasteiger partial charge in [-0.3, -0.25) is 4.72 Å². The van der Waals surface area contributed by atoms with Gasteiger partial charge in [0.25, 0.3) is 10.0 Å². The monoisotopic (exact) mass is 512 g/mol. The minimum atomic E-state index is -3.84. The van der Waals surface area contributed by atoms with Crippen LogP contribution in [-0.4, -0.2) is 42.5 Å². The number of hydrogen-bond acceptors (Lipinski definition) is 7. The fourth-order valence-electron chi connectivity index (χ4n) is 4.05. The van der Waals surface area contributed by atoms with E-state index in [1.165, 1.54) is 12.1 Å². The number of nitrogens with zero attached hydrogens (tertiary/aromatic N) is 3. The molecule has 2 aromatic heterocycles. The molecule has 0 amide bonds. The van der Waals surface area contributed by atoms with Crippen molar-refractivity contribution < 1.29 is 8.42 Å². The third-order valence-electron chi connectivity index (χ3n) is 6.09. The molecule has 3 aromatic rings. The van der Waals surface area contributed by atoms with Crippen molar-refractivity contribution in [3.8, 4) is 0 Å². The van der Waals surface area contributed by atoms with Gasteiger partial charge in [0, 0.05) is 35.7 Å². The van der Waals surface area contributed by atoms with E-state index in [9.17, 15) is 8.42 Å². The maximum absolute atomic E-state index is 12.6. The Morgan fingerprint density at radius 2 is 1.66 bits per heavy atom. The molecule has 0 saturated heterocycles. The Hall–Kier alpha value is -3.01. The zero-order chi connectivity index (χ0) is 24.8. The van der Waals surface area contributed by atoms with Crippen molar-refractivity contribution in [1.82, 2.24) is 20.3 Å². The minimum Gasteiger partial charge on any atom is -0.351 e. The third-order valence-corrected chi connectivity index (χ3v) is 7.94. The Bertz CT molecular complexity index is 1290. The van der Waals surface area contributed by atoms with E-state index in [1.807, 2.05) is 32.2 Å². The summed E-state index contributed by atoms with van der Waals surface area (Å²) >= 11 is 6.03. The molecule has 1 fully saturated rings. The van der Waals surface area contributed by atoms with Gasteiger partial charge < -0.3 is 10.6 Å². The van der Waals surface area contributed by atoms with Gasteiger partial charge in [-0.1, -0.05) is 35.9 Å². The molecule has 1 aliphatic carbocycles. The molecule has 0 atom stereocenters. The quantitative estimate of drug-likeness (QED) is 0.399. The summed E-state index contributed by atoms with van der Waals surface area (Å²) in [5.41, 5.74) is 2.39. The molecule has 2 heterocycles. The summed E-state index contributed by atoms with van der Waals surface area (Å²) in [6, 6.07) is 10.7. The van der Waals surface area contributed by atoms with Crippen LogP contribution >= 0.6 is 11.6 Å². The lowest BCUT2D eigenvalue weighted by Gasteiger charge is -2.28. The number of pyridine rings is 1. The van der Waals surface area contributed by atoms with E-state index < -0.39 is 10.0 Å². The number of aromatic nitrogens is 3. The first kappa shape index (κ1) is 25.1. The Kier molecular flexibility index (Phi) is 8.00. The van der Waals surface area contributed by atoms with Gasteiger partial charge in [-0.2, -0.15) is 0 Å². The molecule has 4 rings (SSSR count). The fourth-order valence-corrected chi connectivity index (χ4v) is 5.58. The number of anilines is 2. The number of rotatable bonds is 8. The molecular weight excluding hydrogens is 484 g/mol. The van der Waals surface area contributed by atoms with E-state index in [-0.39, 0.29) is 15.7 Å². The number of nitrogens with one attached hydrogen (secondary N) is 3. The molecule has 0 spiro atoms. The average Bonchev–Trinajstić information content (AvgIpc) is 2.85. The van der Waals surface area contributed by atoms with Crippen LogP contribution in [0.5, 0.6) is 0 Å². The highest BCUT2D eigenvalue weighted by atomic mass is 35.5. The molecule has 0 unspecified atom stereocenters. The molecule has 0 bridgehead atoms. The highest BCUT2D eigenvalue weighted by molar-refractivity contribution is 7.92. The largest absolute Gasteiger partial charge is 0.351 e. The van der Waals surface area contributed by atoms with Crippen molar-refractivity contribution in [3.05, 3.63) is 70.6 Å². The van der Waals surface area contributed by atoms with Crippen molar-refractivity contribution in [2.24, 2.45) is 0 Å². The molecular formula is C25H29ClN6O2S. The topological polar surface area (TPSA) is 109 Å². The number of halogens is 1. The van der Waals surface area contributed by atoms with E-state index in [2.05, 4.69) is 30.3 Å². The highest BCUT2D eigenvalue weighted by Crippen LogP contribution is 2.24. The van der Waals surface area contributed by atoms with Crippen LogP contribution in [0.1, 0.15) is 42.5 Å². The minimum absolute atomic E-state index is 0.00804. The summed E-state index contributed by atoms with van der Waals surface area (Å²) in [4.78, 5) is 13.3. The molecule has 3 N–H and O–H groups in total. The van der Waals surface area contributed by atoms with Crippen LogP contribution in [0.4, 0.5) is 11.8 Å². The average molecular weight is 513 g/mol. The lowest BCUT2D eigenvalue weighted by Crippen LogP contribution is -2.35. The van der Waals surface area contributed by atoms with Gasteiger partial charge in [-0.05, 0) is 69.5 Å². The van der Waals surface area contributed by atoms with Gasteiger partial charge >= 0.3 is 0 Å². The second-order valence-electron chi connectivity index (χ2n) is 8.56. The van der Waals surface area contributed by atoms with Crippen LogP contribution in [0, 0.1) is 6.92 Å². The zero-order valence-electron chi connectivity index (χ0n) is 19.7. The van der Waals surface area contributed by atoms with Gasteiger partial charge in [-0.25, -0.2) is 23.4 Å². The van der Waals surface area contributed by atoms with Crippen LogP contribution in [0.2, 0.25) is 5.02 Å². The first-order chi connectivity index (χ1) is 16.8. The predicted molar refractivity (Wildman–Crippen MR) is 141 cm³/mol. The first-order valence-corrected chi connectivity index (χ1v) is 13.4. The molecule has 8 nitrogen and oxygen atoms in total. The van der Waals surface area contributed by atoms with Gasteiger partial charge in [0.1, 0.15) is 10.7 Å². The Labute approximate surface area is 211 Å². The van der Waals surface area contributed by atoms with Gasteiger partial charge in [0.05, 0.1) is 5.02 Å². The Morgan fingerprint density at radius 3 is 2.31 bits per heavy atom. The normalized spacial score (nSPS) is 18.5. The molecule has 1 saturated carbocycles. The first-order valence-electron chi connectivity index (χ1n) is 11.5. The molecule has 0 radical (unpaired) electrons. The van der Waals surface area contributed by atoms with Crippen molar-refractivity contribution in [2.75, 3.05) is 17.1 Å². The molecule has 184 valence electrons. The fraction of sp³-hybridized carbons (Fsp3) is 0.320. The van der Waals surface area contributed by atoms with Crippen LogP contribution in [0.25, 0.3) is 12.2 Å². The SMILES string of the molecule is CNC1CCC(Nc2ncc(C=Cc3ccc(NS(=O)(=O)c4ccccc4Cl)nc3C)cn2)CC1. The van der Waals surface area contributed by atoms with Gasteiger partial charge in [0.2, 0.25) is 5.95 Å². The second kappa shape index (κ2) is 11.2. The molecule has 0 aliphatic heterocycles. The van der Waals surface area contributed by atoms with Gasteiger partial charge in [0.15, 0.2) is 0 Å². The van der Waals surface area contributed by atoms with Crippen molar-refractivity contribution in [3.63, 3.8) is 0 Å². The Morgan fingerprint density at radius 1 is 0.971 bits per heavy atom. The predicted octanol–water partition coefficient (Wildman–Crippen LogP) is 4.75. The van der Waals surface area contributed by atoms with Crippen LogP contribution in [-0.2, 0) is 10.0 Å². The maximum atomic E-state index is 12.6. The Balaban J connectivity index is 1.37. The molecule has 1 aromatic carbocycles. The summed E-state index contributed by atoms with van der Waals surface area (Å²) in [5.74, 6) is 0.866. The van der Waals surface area contributed by atoms with Crippen molar-refractivity contribution >= 4 is 45.5 Å². The van der Waals surface area contributed by atoms with Crippen LogP contribution in [0.3, 0.4) is 0 Å². The number of sulfonamides is 1. The second-order valence-corrected chi connectivity index (χ2v) is 10.6. The van der Waals surface area contributed by atoms with Crippen LogP contribution < -0.4 is 15.4 Å². The molecule has 1 aliphatic rings. The zero-order valence-corrected chi connectivity index (χ0v) is 21.3.